The Hall–Kier alpha value is -2.71. The third-order valence-corrected chi connectivity index (χ3v) is 6.44. The Morgan fingerprint density at radius 1 is 1.03 bits per heavy atom. The van der Waals surface area contributed by atoms with E-state index in [-0.39, 0.29) is 22.6 Å². The predicted molar refractivity (Wildman–Crippen MR) is 115 cm³/mol. The molecule has 2 aromatic rings. The van der Waals surface area contributed by atoms with Crippen LogP contribution in [0, 0.1) is 11.8 Å². The lowest BCUT2D eigenvalue weighted by molar-refractivity contribution is -0.124. The normalized spacial score (nSPS) is 18.7. The highest BCUT2D eigenvalue weighted by Crippen LogP contribution is 2.31. The number of nitrogens with one attached hydrogen (secondary N) is 2. The highest BCUT2D eigenvalue weighted by molar-refractivity contribution is 7.89. The van der Waals surface area contributed by atoms with Crippen LogP contribution in [-0.4, -0.2) is 33.3 Å². The smallest absolute Gasteiger partial charge is 0.251 e. The van der Waals surface area contributed by atoms with Crippen molar-refractivity contribution in [3.63, 3.8) is 0 Å². The lowest BCUT2D eigenvalue weighted by Crippen LogP contribution is -2.31. The Morgan fingerprint density at radius 3 is 2.40 bits per heavy atom. The molecule has 0 radical (unpaired) electrons. The zero-order valence-corrected chi connectivity index (χ0v) is 17.7. The molecule has 3 rings (SSSR count). The SMILES string of the molecule is CCNC(=O)[C@H]1CC[C@@H](CNC(=O)c2ccc(-c3ccccc3S(N)(=O)=O)cc2)C1. The van der Waals surface area contributed by atoms with Crippen molar-refractivity contribution < 1.29 is 18.0 Å². The van der Waals surface area contributed by atoms with Gasteiger partial charge in [0, 0.05) is 30.1 Å². The summed E-state index contributed by atoms with van der Waals surface area (Å²) in [6.07, 6.45) is 2.56. The van der Waals surface area contributed by atoms with Crippen LogP contribution in [0.5, 0.6) is 0 Å². The fraction of sp³-hybridized carbons (Fsp3) is 0.364. The van der Waals surface area contributed by atoms with Crippen molar-refractivity contribution in [3.05, 3.63) is 54.1 Å². The molecule has 4 N–H and O–H groups in total. The van der Waals surface area contributed by atoms with Gasteiger partial charge in [0.15, 0.2) is 0 Å². The summed E-state index contributed by atoms with van der Waals surface area (Å²) >= 11 is 0. The number of rotatable bonds is 7. The summed E-state index contributed by atoms with van der Waals surface area (Å²) in [5, 5.41) is 11.1. The van der Waals surface area contributed by atoms with Gasteiger partial charge in [-0.15, -0.1) is 0 Å². The first-order valence-corrected chi connectivity index (χ1v) is 11.6. The average Bonchev–Trinajstić information content (AvgIpc) is 3.21. The van der Waals surface area contributed by atoms with Gasteiger partial charge in [0.25, 0.3) is 5.91 Å². The van der Waals surface area contributed by atoms with Crippen molar-refractivity contribution in [2.75, 3.05) is 13.1 Å². The maximum Gasteiger partial charge on any atom is 0.251 e. The third kappa shape index (κ3) is 5.25. The van der Waals surface area contributed by atoms with E-state index in [2.05, 4.69) is 10.6 Å². The molecule has 30 heavy (non-hydrogen) atoms. The second-order valence-corrected chi connectivity index (χ2v) is 9.13. The number of benzene rings is 2. The Bertz CT molecular complexity index is 1020. The van der Waals surface area contributed by atoms with Crippen LogP contribution < -0.4 is 15.8 Å². The standard InChI is InChI=1S/C22H27N3O4S/c1-2-24-22(27)18-8-7-15(13-18)14-25-21(26)17-11-9-16(10-12-17)19-5-3-4-6-20(19)30(23,28)29/h3-6,9-12,15,18H,2,7-8,13-14H2,1H3,(H,24,27)(H,25,26)(H2,23,28,29)/t15-,18+/m1/s1. The number of hydrogen-bond donors (Lipinski definition) is 3. The molecule has 160 valence electrons. The van der Waals surface area contributed by atoms with Crippen LogP contribution in [0.3, 0.4) is 0 Å². The summed E-state index contributed by atoms with van der Waals surface area (Å²) < 4.78 is 23.6. The fourth-order valence-electron chi connectivity index (χ4n) is 3.91. The molecule has 0 unspecified atom stereocenters. The second kappa shape index (κ2) is 9.40. The van der Waals surface area contributed by atoms with Gasteiger partial charge in [-0.25, -0.2) is 13.6 Å². The molecule has 0 saturated heterocycles. The molecule has 1 aliphatic carbocycles. The number of primary sulfonamides is 1. The van der Waals surface area contributed by atoms with E-state index in [0.717, 1.165) is 19.3 Å². The van der Waals surface area contributed by atoms with Crippen molar-refractivity contribution in [1.29, 1.82) is 0 Å². The summed E-state index contributed by atoms with van der Waals surface area (Å²) in [5.41, 5.74) is 1.65. The zero-order valence-electron chi connectivity index (χ0n) is 16.9. The molecule has 2 atom stereocenters. The first-order chi connectivity index (χ1) is 14.3. The molecule has 0 aromatic heterocycles. The number of carbonyl (C=O) groups excluding carboxylic acids is 2. The molecule has 0 aliphatic heterocycles. The highest BCUT2D eigenvalue weighted by atomic mass is 32.2. The first-order valence-electron chi connectivity index (χ1n) is 10.1. The molecule has 0 spiro atoms. The van der Waals surface area contributed by atoms with E-state index in [1.165, 1.54) is 6.07 Å². The van der Waals surface area contributed by atoms with E-state index in [9.17, 15) is 18.0 Å². The molecule has 1 fully saturated rings. The van der Waals surface area contributed by atoms with Crippen LogP contribution in [-0.2, 0) is 14.8 Å². The second-order valence-electron chi connectivity index (χ2n) is 7.60. The van der Waals surface area contributed by atoms with Gasteiger partial charge in [0.05, 0.1) is 4.90 Å². The Labute approximate surface area is 177 Å². The summed E-state index contributed by atoms with van der Waals surface area (Å²) in [7, 11) is -3.85. The molecule has 7 nitrogen and oxygen atoms in total. The van der Waals surface area contributed by atoms with E-state index in [0.29, 0.717) is 35.7 Å². The Balaban J connectivity index is 1.61. The van der Waals surface area contributed by atoms with Gasteiger partial charge in [0.2, 0.25) is 15.9 Å². The van der Waals surface area contributed by atoms with Crippen molar-refractivity contribution in [1.82, 2.24) is 10.6 Å². The first kappa shape index (κ1) is 22.0. The lowest BCUT2D eigenvalue weighted by atomic mass is 10.0. The largest absolute Gasteiger partial charge is 0.356 e. The highest BCUT2D eigenvalue weighted by Gasteiger charge is 2.29. The summed E-state index contributed by atoms with van der Waals surface area (Å²) in [6, 6.07) is 13.2. The molecule has 1 saturated carbocycles. The molecule has 0 heterocycles. The Kier molecular flexibility index (Phi) is 6.89. The summed E-state index contributed by atoms with van der Waals surface area (Å²) in [5.74, 6) is 0.233. The van der Waals surface area contributed by atoms with Crippen LogP contribution >= 0.6 is 0 Å². The Morgan fingerprint density at radius 2 is 1.73 bits per heavy atom. The van der Waals surface area contributed by atoms with Crippen molar-refractivity contribution in [2.45, 2.75) is 31.1 Å². The van der Waals surface area contributed by atoms with Gasteiger partial charge in [-0.1, -0.05) is 30.3 Å². The summed E-state index contributed by atoms with van der Waals surface area (Å²) in [4.78, 5) is 24.5. The number of hydrogen-bond acceptors (Lipinski definition) is 4. The van der Waals surface area contributed by atoms with E-state index >= 15 is 0 Å². The lowest BCUT2D eigenvalue weighted by Gasteiger charge is -2.13. The van der Waals surface area contributed by atoms with Crippen LogP contribution in [0.2, 0.25) is 0 Å². The van der Waals surface area contributed by atoms with Gasteiger partial charge in [-0.2, -0.15) is 0 Å². The number of amides is 2. The topological polar surface area (TPSA) is 118 Å². The molecule has 8 heteroatoms. The monoisotopic (exact) mass is 429 g/mol. The molecule has 2 aromatic carbocycles. The van der Waals surface area contributed by atoms with Crippen molar-refractivity contribution >= 4 is 21.8 Å². The molecule has 0 bridgehead atoms. The van der Waals surface area contributed by atoms with Gasteiger partial charge in [0.1, 0.15) is 0 Å². The maximum atomic E-state index is 12.5. The molecule has 2 amide bonds. The van der Waals surface area contributed by atoms with E-state index in [1.54, 1.807) is 42.5 Å². The van der Waals surface area contributed by atoms with Crippen LogP contribution in [0.1, 0.15) is 36.5 Å². The van der Waals surface area contributed by atoms with E-state index in [4.69, 9.17) is 5.14 Å². The van der Waals surface area contributed by atoms with Gasteiger partial charge >= 0.3 is 0 Å². The minimum atomic E-state index is -3.85. The molecular weight excluding hydrogens is 402 g/mol. The number of sulfonamides is 1. The van der Waals surface area contributed by atoms with Crippen molar-refractivity contribution in [3.8, 4) is 11.1 Å². The van der Waals surface area contributed by atoms with Gasteiger partial charge in [-0.3, -0.25) is 9.59 Å². The molecule has 1 aliphatic rings. The van der Waals surface area contributed by atoms with Crippen LogP contribution in [0.4, 0.5) is 0 Å². The quantitative estimate of drug-likeness (QED) is 0.626. The predicted octanol–water partition coefficient (Wildman–Crippen LogP) is 2.28. The van der Waals surface area contributed by atoms with E-state index < -0.39 is 10.0 Å². The minimum absolute atomic E-state index is 0.0324. The number of carbonyl (C=O) groups is 2. The van der Waals surface area contributed by atoms with E-state index in [1.807, 2.05) is 6.92 Å². The zero-order chi connectivity index (χ0) is 21.7. The van der Waals surface area contributed by atoms with Crippen LogP contribution in [0.25, 0.3) is 11.1 Å². The van der Waals surface area contributed by atoms with Crippen molar-refractivity contribution in [2.24, 2.45) is 17.0 Å². The number of nitrogens with two attached hydrogens (primary N) is 1. The molecular formula is C22H27N3O4S. The minimum Gasteiger partial charge on any atom is -0.356 e. The summed E-state index contributed by atoms with van der Waals surface area (Å²) in [6.45, 7) is 3.07. The van der Waals surface area contributed by atoms with Gasteiger partial charge in [-0.05, 0) is 55.9 Å². The average molecular weight is 430 g/mol. The van der Waals surface area contributed by atoms with Gasteiger partial charge < -0.3 is 10.6 Å². The maximum absolute atomic E-state index is 12.5. The van der Waals surface area contributed by atoms with Crippen LogP contribution in [0.15, 0.2) is 53.4 Å². The fourth-order valence-corrected chi connectivity index (χ4v) is 4.67. The third-order valence-electron chi connectivity index (χ3n) is 5.47.